The van der Waals surface area contributed by atoms with E-state index in [1.807, 2.05) is 13.8 Å². The zero-order chi connectivity index (χ0) is 19.7. The van der Waals surface area contributed by atoms with Crippen molar-refractivity contribution in [2.75, 3.05) is 39.8 Å². The zero-order valence-electron chi connectivity index (χ0n) is 16.1. The van der Waals surface area contributed by atoms with E-state index in [0.717, 1.165) is 0 Å². The fourth-order valence-corrected chi connectivity index (χ4v) is 3.11. The van der Waals surface area contributed by atoms with Gasteiger partial charge in [0, 0.05) is 46.1 Å². The Morgan fingerprint density at radius 3 is 2.27 bits per heavy atom. The van der Waals surface area contributed by atoms with Crippen molar-refractivity contribution in [3.8, 4) is 0 Å². The number of likely N-dealkylation sites (N-methyl/N-ethyl adjacent to an activating group) is 1. The summed E-state index contributed by atoms with van der Waals surface area (Å²) in [7, 11) is 1.56. The second-order valence-electron chi connectivity index (χ2n) is 6.69. The first-order valence-corrected chi connectivity index (χ1v) is 9.32. The average Bonchev–Trinajstić information content (AvgIpc) is 2.62. The van der Waals surface area contributed by atoms with Crippen LogP contribution in [-0.2, 0) is 19.2 Å². The predicted molar refractivity (Wildman–Crippen MR) is 96.4 cm³/mol. The van der Waals surface area contributed by atoms with Gasteiger partial charge in [-0.3, -0.25) is 19.2 Å². The van der Waals surface area contributed by atoms with Crippen molar-refractivity contribution in [3.63, 3.8) is 0 Å². The van der Waals surface area contributed by atoms with Gasteiger partial charge < -0.3 is 19.8 Å². The van der Waals surface area contributed by atoms with Gasteiger partial charge in [0.15, 0.2) is 0 Å². The Morgan fingerprint density at radius 1 is 1.08 bits per heavy atom. The van der Waals surface area contributed by atoms with Crippen molar-refractivity contribution in [2.24, 2.45) is 5.92 Å². The number of hydrogen-bond donors (Lipinski definition) is 1. The minimum Gasteiger partial charge on any atom is -0.481 e. The molecule has 0 spiro atoms. The summed E-state index contributed by atoms with van der Waals surface area (Å²) < 4.78 is 0. The van der Waals surface area contributed by atoms with Gasteiger partial charge in [0.1, 0.15) is 0 Å². The molecule has 148 valence electrons. The Bertz CT molecular complexity index is 519. The van der Waals surface area contributed by atoms with Gasteiger partial charge in [0.2, 0.25) is 17.7 Å². The summed E-state index contributed by atoms with van der Waals surface area (Å²) in [6, 6.07) is 0. The molecule has 1 rings (SSSR count). The molecule has 3 amide bonds. The molecule has 0 aromatic rings. The van der Waals surface area contributed by atoms with Gasteiger partial charge in [0.05, 0.1) is 12.5 Å². The van der Waals surface area contributed by atoms with Gasteiger partial charge in [0.25, 0.3) is 0 Å². The summed E-state index contributed by atoms with van der Waals surface area (Å²) in [6.07, 6.45) is 2.23. The maximum Gasteiger partial charge on any atom is 0.308 e. The monoisotopic (exact) mass is 369 g/mol. The molecule has 1 aliphatic heterocycles. The van der Waals surface area contributed by atoms with Crippen molar-refractivity contribution < 1.29 is 24.3 Å². The molecule has 1 aliphatic rings. The molecule has 1 N–H and O–H groups in total. The number of hydrogen-bond acceptors (Lipinski definition) is 4. The molecule has 1 atom stereocenters. The lowest BCUT2D eigenvalue weighted by atomic mass is 9.98. The topological polar surface area (TPSA) is 98.2 Å². The lowest BCUT2D eigenvalue weighted by Gasteiger charge is -2.32. The number of nitrogens with zero attached hydrogens (tertiary/aromatic N) is 3. The highest BCUT2D eigenvalue weighted by Gasteiger charge is 2.28. The van der Waals surface area contributed by atoms with Crippen LogP contribution in [-0.4, -0.2) is 83.3 Å². The molecule has 0 saturated carbocycles. The van der Waals surface area contributed by atoms with E-state index in [-0.39, 0.29) is 37.2 Å². The fourth-order valence-electron chi connectivity index (χ4n) is 3.11. The van der Waals surface area contributed by atoms with Gasteiger partial charge in [-0.05, 0) is 33.1 Å². The molecule has 0 radical (unpaired) electrons. The number of carbonyl (C=O) groups is 4. The van der Waals surface area contributed by atoms with Gasteiger partial charge in [-0.25, -0.2) is 0 Å². The number of likely N-dealkylation sites (tertiary alicyclic amines) is 1. The maximum absolute atomic E-state index is 12.3. The summed E-state index contributed by atoms with van der Waals surface area (Å²) in [4.78, 5) is 52.1. The molecule has 1 unspecified atom stereocenters. The van der Waals surface area contributed by atoms with Crippen LogP contribution in [0.15, 0.2) is 0 Å². The zero-order valence-corrected chi connectivity index (χ0v) is 16.1. The molecule has 0 aromatic heterocycles. The van der Waals surface area contributed by atoms with Crippen LogP contribution in [0, 0.1) is 5.92 Å². The van der Waals surface area contributed by atoms with E-state index in [0.29, 0.717) is 45.3 Å². The van der Waals surface area contributed by atoms with E-state index >= 15 is 0 Å². The average molecular weight is 369 g/mol. The Kier molecular flexibility index (Phi) is 9.09. The van der Waals surface area contributed by atoms with E-state index in [1.165, 1.54) is 9.80 Å². The van der Waals surface area contributed by atoms with Crippen LogP contribution in [0.2, 0.25) is 0 Å². The summed E-state index contributed by atoms with van der Waals surface area (Å²) in [5.41, 5.74) is 0. The van der Waals surface area contributed by atoms with Gasteiger partial charge >= 0.3 is 5.97 Å². The Balaban J connectivity index is 2.38. The van der Waals surface area contributed by atoms with Gasteiger partial charge in [-0.15, -0.1) is 0 Å². The molecule has 0 aromatic carbocycles. The fraction of sp³-hybridized carbons (Fsp3) is 0.778. The normalized spacial score (nSPS) is 16.9. The second kappa shape index (κ2) is 10.8. The lowest BCUT2D eigenvalue weighted by molar-refractivity contribution is -0.147. The first-order valence-electron chi connectivity index (χ1n) is 9.32. The highest BCUT2D eigenvalue weighted by molar-refractivity contribution is 5.85. The van der Waals surface area contributed by atoms with E-state index < -0.39 is 11.9 Å². The number of carbonyl (C=O) groups excluding carboxylic acids is 3. The Labute approximate surface area is 155 Å². The van der Waals surface area contributed by atoms with Gasteiger partial charge in [-0.1, -0.05) is 0 Å². The first kappa shape index (κ1) is 21.9. The van der Waals surface area contributed by atoms with Crippen molar-refractivity contribution in [2.45, 2.75) is 46.0 Å². The largest absolute Gasteiger partial charge is 0.481 e. The standard InChI is InChI=1S/C18H31N3O5/c1-4-20(5-2)16(23)10-6-9-15(22)19(3)13-17(24)21-11-7-8-14(12-21)18(25)26/h14H,4-13H2,1-3H3,(H,25,26). The van der Waals surface area contributed by atoms with Crippen molar-refractivity contribution in [1.29, 1.82) is 0 Å². The van der Waals surface area contributed by atoms with Crippen LogP contribution in [0.3, 0.4) is 0 Å². The molecule has 0 bridgehead atoms. The number of carboxylic acid groups (broad SMARTS) is 1. The molecular formula is C18H31N3O5. The molecule has 1 saturated heterocycles. The number of piperidine rings is 1. The number of carboxylic acids is 1. The molecule has 8 nitrogen and oxygen atoms in total. The van der Waals surface area contributed by atoms with Crippen LogP contribution >= 0.6 is 0 Å². The molecule has 1 heterocycles. The molecule has 1 fully saturated rings. The van der Waals surface area contributed by atoms with Crippen molar-refractivity contribution >= 4 is 23.7 Å². The minimum absolute atomic E-state index is 0.0366. The van der Waals surface area contributed by atoms with Crippen molar-refractivity contribution in [3.05, 3.63) is 0 Å². The van der Waals surface area contributed by atoms with Crippen LogP contribution in [0.5, 0.6) is 0 Å². The predicted octanol–water partition coefficient (Wildman–Crippen LogP) is 0.807. The third kappa shape index (κ3) is 6.65. The van der Waals surface area contributed by atoms with Crippen LogP contribution in [0.25, 0.3) is 0 Å². The second-order valence-corrected chi connectivity index (χ2v) is 6.69. The smallest absolute Gasteiger partial charge is 0.308 e. The third-order valence-electron chi connectivity index (χ3n) is 4.82. The Hall–Kier alpha value is -2.12. The van der Waals surface area contributed by atoms with E-state index in [4.69, 9.17) is 5.11 Å². The Morgan fingerprint density at radius 2 is 1.69 bits per heavy atom. The number of rotatable bonds is 9. The number of aliphatic carboxylic acids is 1. The van der Waals surface area contributed by atoms with Crippen LogP contribution in [0.4, 0.5) is 0 Å². The van der Waals surface area contributed by atoms with E-state index in [2.05, 4.69) is 0 Å². The quantitative estimate of drug-likeness (QED) is 0.648. The van der Waals surface area contributed by atoms with E-state index in [1.54, 1.807) is 11.9 Å². The summed E-state index contributed by atoms with van der Waals surface area (Å²) in [5, 5.41) is 9.09. The molecular weight excluding hydrogens is 338 g/mol. The summed E-state index contributed by atoms with van der Waals surface area (Å²) in [6.45, 7) is 5.82. The first-order chi connectivity index (χ1) is 12.3. The highest BCUT2D eigenvalue weighted by Crippen LogP contribution is 2.17. The van der Waals surface area contributed by atoms with Crippen molar-refractivity contribution in [1.82, 2.24) is 14.7 Å². The maximum atomic E-state index is 12.3. The van der Waals surface area contributed by atoms with Crippen LogP contribution in [0.1, 0.15) is 46.0 Å². The SMILES string of the molecule is CCN(CC)C(=O)CCCC(=O)N(C)CC(=O)N1CCCC(C(=O)O)C1. The van der Waals surface area contributed by atoms with Gasteiger partial charge in [-0.2, -0.15) is 0 Å². The summed E-state index contributed by atoms with van der Waals surface area (Å²) in [5.74, 6) is -1.79. The van der Waals surface area contributed by atoms with E-state index in [9.17, 15) is 19.2 Å². The number of amides is 3. The highest BCUT2D eigenvalue weighted by atomic mass is 16.4. The minimum atomic E-state index is -0.884. The molecule has 8 heteroatoms. The summed E-state index contributed by atoms with van der Waals surface area (Å²) >= 11 is 0. The van der Waals surface area contributed by atoms with Crippen LogP contribution < -0.4 is 0 Å². The molecule has 0 aliphatic carbocycles. The third-order valence-corrected chi connectivity index (χ3v) is 4.82. The lowest BCUT2D eigenvalue weighted by Crippen LogP contribution is -2.46. The molecule has 26 heavy (non-hydrogen) atoms.